The first-order valence-electron chi connectivity index (χ1n) is 8.77. The molecule has 2 aromatic heterocycles. The van der Waals surface area contributed by atoms with Crippen LogP contribution in [0.25, 0.3) is 16.9 Å². The number of hydrogen-bond donors (Lipinski definition) is 1. The van der Waals surface area contributed by atoms with E-state index in [9.17, 15) is 9.18 Å². The Kier molecular flexibility index (Phi) is 5.26. The smallest absolute Gasteiger partial charge is 0.337 e. The molecule has 0 aliphatic carbocycles. The predicted molar refractivity (Wildman–Crippen MR) is 111 cm³/mol. The zero-order valence-corrected chi connectivity index (χ0v) is 17.0. The van der Waals surface area contributed by atoms with Gasteiger partial charge in [0.1, 0.15) is 11.6 Å². The molecule has 1 N–H and O–H groups in total. The number of nitrogens with one attached hydrogen (secondary N) is 1. The Hall–Kier alpha value is -3.26. The van der Waals surface area contributed by atoms with E-state index in [1.54, 1.807) is 47.1 Å². The molecular weight excluding hydrogens is 439 g/mol. The Morgan fingerprint density at radius 3 is 2.69 bits per heavy atom. The van der Waals surface area contributed by atoms with E-state index in [1.807, 2.05) is 12.1 Å². The van der Waals surface area contributed by atoms with Gasteiger partial charge in [0.2, 0.25) is 0 Å². The summed E-state index contributed by atoms with van der Waals surface area (Å²) in [7, 11) is 1.35. The van der Waals surface area contributed by atoms with Gasteiger partial charge in [0, 0.05) is 18.2 Å². The number of anilines is 1. The lowest BCUT2D eigenvalue weighted by Crippen LogP contribution is -2.07. The summed E-state index contributed by atoms with van der Waals surface area (Å²) in [6.07, 6.45) is 1.64. The van der Waals surface area contributed by atoms with Crippen LogP contribution in [-0.2, 0) is 11.3 Å². The van der Waals surface area contributed by atoms with E-state index in [0.29, 0.717) is 39.3 Å². The van der Waals surface area contributed by atoms with E-state index in [-0.39, 0.29) is 11.8 Å². The first kappa shape index (κ1) is 19.1. The second-order valence-corrected chi connectivity index (χ2v) is 7.13. The maximum atomic E-state index is 14.3. The molecule has 0 saturated carbocycles. The van der Waals surface area contributed by atoms with Crippen LogP contribution in [0, 0.1) is 5.82 Å². The number of ether oxygens (including phenoxy) is 1. The maximum absolute atomic E-state index is 14.3. The van der Waals surface area contributed by atoms with E-state index in [4.69, 9.17) is 4.74 Å². The number of methoxy groups -OCH3 is 1. The average Bonchev–Trinajstić information content (AvgIpc) is 3.13. The number of carbonyl (C=O) groups is 1. The van der Waals surface area contributed by atoms with E-state index in [1.165, 1.54) is 13.2 Å². The third kappa shape index (κ3) is 3.84. The number of nitrogens with zero attached hydrogens (tertiary/aromatic N) is 3. The number of fused-ring (bicyclic) bond motifs is 1. The number of aromatic nitrogens is 3. The van der Waals surface area contributed by atoms with Crippen molar-refractivity contribution in [3.8, 4) is 11.3 Å². The third-order valence-electron chi connectivity index (χ3n) is 4.43. The van der Waals surface area contributed by atoms with Crippen LogP contribution >= 0.6 is 15.9 Å². The van der Waals surface area contributed by atoms with Crippen LogP contribution in [0.3, 0.4) is 0 Å². The normalized spacial score (nSPS) is 10.9. The van der Waals surface area contributed by atoms with Crippen molar-refractivity contribution >= 4 is 33.4 Å². The van der Waals surface area contributed by atoms with Gasteiger partial charge in [-0.25, -0.2) is 14.2 Å². The number of hydrogen-bond acceptors (Lipinski definition) is 5. The van der Waals surface area contributed by atoms with Gasteiger partial charge < -0.3 is 10.1 Å². The van der Waals surface area contributed by atoms with E-state index < -0.39 is 0 Å². The summed E-state index contributed by atoms with van der Waals surface area (Å²) in [5, 5.41) is 7.64. The van der Waals surface area contributed by atoms with E-state index >= 15 is 0 Å². The van der Waals surface area contributed by atoms with Gasteiger partial charge in [-0.1, -0.05) is 24.3 Å². The minimum atomic E-state index is -0.378. The SMILES string of the molecule is COC(=O)c1ccc(CNc2cc(-c3ccccc3F)nc3c(Br)cnn23)cc1. The van der Waals surface area contributed by atoms with Gasteiger partial charge in [0.05, 0.1) is 29.0 Å². The van der Waals surface area contributed by atoms with Crippen LogP contribution in [0.5, 0.6) is 0 Å². The third-order valence-corrected chi connectivity index (χ3v) is 4.99. The molecule has 0 spiro atoms. The lowest BCUT2D eigenvalue weighted by molar-refractivity contribution is 0.0600. The molecule has 2 heterocycles. The monoisotopic (exact) mass is 454 g/mol. The molecule has 146 valence electrons. The van der Waals surface area contributed by atoms with Crippen LogP contribution in [0.1, 0.15) is 15.9 Å². The summed E-state index contributed by atoms with van der Waals surface area (Å²) in [6, 6.07) is 15.4. The van der Waals surface area contributed by atoms with Gasteiger partial charge in [-0.05, 0) is 45.8 Å². The van der Waals surface area contributed by atoms with Gasteiger partial charge in [-0.3, -0.25) is 0 Å². The van der Waals surface area contributed by atoms with E-state index in [2.05, 4.69) is 31.3 Å². The standard InChI is InChI=1S/C21H16BrFN4O2/c1-29-21(28)14-8-6-13(7-9-14)11-24-19-10-18(15-4-2-3-5-17(15)23)26-20-16(22)12-25-27(19)20/h2-10,12,24H,11H2,1H3. The van der Waals surface area contributed by atoms with Crippen molar-refractivity contribution in [1.29, 1.82) is 0 Å². The van der Waals surface area contributed by atoms with Gasteiger partial charge in [-0.15, -0.1) is 0 Å². The van der Waals surface area contributed by atoms with Crippen molar-refractivity contribution in [2.24, 2.45) is 0 Å². The topological polar surface area (TPSA) is 68.5 Å². The fraction of sp³-hybridized carbons (Fsp3) is 0.0952. The second-order valence-electron chi connectivity index (χ2n) is 6.28. The molecule has 4 aromatic rings. The molecule has 6 nitrogen and oxygen atoms in total. The lowest BCUT2D eigenvalue weighted by atomic mass is 10.1. The van der Waals surface area contributed by atoms with Crippen molar-refractivity contribution < 1.29 is 13.9 Å². The van der Waals surface area contributed by atoms with Crippen LogP contribution in [0.15, 0.2) is 65.3 Å². The minimum absolute atomic E-state index is 0.343. The molecule has 0 radical (unpaired) electrons. The van der Waals surface area contributed by atoms with Gasteiger partial charge in [-0.2, -0.15) is 9.61 Å². The molecule has 8 heteroatoms. The largest absolute Gasteiger partial charge is 0.465 e. The number of benzene rings is 2. The fourth-order valence-corrected chi connectivity index (χ4v) is 3.29. The molecule has 0 fully saturated rings. The molecule has 0 bridgehead atoms. The van der Waals surface area contributed by atoms with Crippen LogP contribution in [0.2, 0.25) is 0 Å². The molecule has 0 aliphatic rings. The minimum Gasteiger partial charge on any atom is -0.465 e. The summed E-state index contributed by atoms with van der Waals surface area (Å²) in [4.78, 5) is 16.1. The highest BCUT2D eigenvalue weighted by Crippen LogP contribution is 2.27. The molecule has 29 heavy (non-hydrogen) atoms. The molecule has 0 atom stereocenters. The van der Waals surface area contributed by atoms with Crippen LogP contribution < -0.4 is 5.32 Å². The molecule has 0 aliphatic heterocycles. The second kappa shape index (κ2) is 8.00. The maximum Gasteiger partial charge on any atom is 0.337 e. The summed E-state index contributed by atoms with van der Waals surface area (Å²) in [5.41, 5.74) is 2.94. The zero-order chi connectivity index (χ0) is 20.4. The number of esters is 1. The first-order chi connectivity index (χ1) is 14.1. The van der Waals surface area contributed by atoms with Crippen LogP contribution in [-0.4, -0.2) is 27.7 Å². The predicted octanol–water partition coefficient (Wildman–Crippen LogP) is 4.70. The Morgan fingerprint density at radius 1 is 1.21 bits per heavy atom. The number of rotatable bonds is 5. The molecule has 0 amide bonds. The summed E-state index contributed by atoms with van der Waals surface area (Å²) < 4.78 is 21.4. The number of halogens is 2. The number of carbonyl (C=O) groups excluding carboxylic acids is 1. The van der Waals surface area contributed by atoms with Crippen LogP contribution in [0.4, 0.5) is 10.2 Å². The van der Waals surface area contributed by atoms with Crippen molar-refractivity contribution in [3.63, 3.8) is 0 Å². The van der Waals surface area contributed by atoms with Crippen molar-refractivity contribution in [3.05, 3.63) is 82.2 Å². The Bertz CT molecular complexity index is 1190. The quantitative estimate of drug-likeness (QED) is 0.442. The van der Waals surface area contributed by atoms with Gasteiger partial charge in [0.15, 0.2) is 5.65 Å². The fourth-order valence-electron chi connectivity index (χ4n) is 2.94. The van der Waals surface area contributed by atoms with Crippen molar-refractivity contribution in [2.45, 2.75) is 6.54 Å². The summed E-state index contributed by atoms with van der Waals surface area (Å²) >= 11 is 3.44. The molecule has 0 saturated heterocycles. The highest BCUT2D eigenvalue weighted by Gasteiger charge is 2.14. The lowest BCUT2D eigenvalue weighted by Gasteiger charge is -2.11. The van der Waals surface area contributed by atoms with Crippen molar-refractivity contribution in [2.75, 3.05) is 12.4 Å². The summed E-state index contributed by atoms with van der Waals surface area (Å²) in [6.45, 7) is 0.481. The highest BCUT2D eigenvalue weighted by molar-refractivity contribution is 9.10. The molecule has 0 unspecified atom stereocenters. The first-order valence-corrected chi connectivity index (χ1v) is 9.56. The average molecular weight is 455 g/mol. The Morgan fingerprint density at radius 2 is 1.97 bits per heavy atom. The van der Waals surface area contributed by atoms with Crippen molar-refractivity contribution in [1.82, 2.24) is 14.6 Å². The zero-order valence-electron chi connectivity index (χ0n) is 15.4. The molecule has 2 aromatic carbocycles. The van der Waals surface area contributed by atoms with E-state index in [0.717, 1.165) is 5.56 Å². The highest BCUT2D eigenvalue weighted by atomic mass is 79.9. The summed E-state index contributed by atoms with van der Waals surface area (Å²) in [5.74, 6) is -0.0587. The van der Waals surface area contributed by atoms with Gasteiger partial charge in [0.25, 0.3) is 0 Å². The molecular formula is C21H16BrFN4O2. The molecule has 4 rings (SSSR count). The Labute approximate surface area is 174 Å². The van der Waals surface area contributed by atoms with Gasteiger partial charge >= 0.3 is 5.97 Å². The Balaban J connectivity index is 1.66.